The van der Waals surface area contributed by atoms with Crippen LogP contribution in [0.2, 0.25) is 0 Å². The van der Waals surface area contributed by atoms with E-state index in [-0.39, 0.29) is 11.8 Å². The number of amides is 2. The van der Waals surface area contributed by atoms with Gasteiger partial charge in [0.2, 0.25) is 5.91 Å². The van der Waals surface area contributed by atoms with Crippen LogP contribution in [0.4, 0.5) is 26.8 Å². The van der Waals surface area contributed by atoms with Gasteiger partial charge in [0.15, 0.2) is 5.82 Å². The lowest BCUT2D eigenvalue weighted by atomic mass is 9.91. The molecular formula is C33H38N6O5. The number of nitrogens with one attached hydrogen (secondary N) is 1. The standard InChI is InChI=1S/C33H38N6O5/c1-18-10-13-25-22(14-18)33(28(40)38(25)29(41)43-31(3,4)5)16-23(33)20-11-12-21-26(15-20)39(30(42)44-32(6,7)8)36-27(21)34-24-17-37(9)35-19(24)2/h10-15,17,23H,16H2,1-9H3,(H,34,36)/t23-,33-/m0/s1. The van der Waals surface area contributed by atoms with E-state index < -0.39 is 28.8 Å². The van der Waals surface area contributed by atoms with E-state index in [1.165, 1.54) is 9.58 Å². The molecule has 2 aliphatic rings. The van der Waals surface area contributed by atoms with Crippen LogP contribution in [-0.2, 0) is 26.7 Å². The lowest BCUT2D eigenvalue weighted by Crippen LogP contribution is -2.41. The van der Waals surface area contributed by atoms with Gasteiger partial charge in [-0.15, -0.1) is 5.10 Å². The van der Waals surface area contributed by atoms with E-state index in [0.29, 0.717) is 28.8 Å². The molecule has 1 saturated carbocycles. The molecule has 0 radical (unpaired) electrons. The first-order valence-corrected chi connectivity index (χ1v) is 14.7. The third-order valence-corrected chi connectivity index (χ3v) is 7.94. The van der Waals surface area contributed by atoms with Crippen LogP contribution in [0.5, 0.6) is 0 Å². The van der Waals surface area contributed by atoms with Crippen molar-refractivity contribution in [3.63, 3.8) is 0 Å². The minimum absolute atomic E-state index is 0.216. The normalized spacial score (nSPS) is 19.4. The van der Waals surface area contributed by atoms with E-state index in [1.807, 2.05) is 63.5 Å². The van der Waals surface area contributed by atoms with Gasteiger partial charge < -0.3 is 14.8 Å². The molecule has 3 heterocycles. The van der Waals surface area contributed by atoms with Gasteiger partial charge in [-0.3, -0.25) is 9.48 Å². The average molecular weight is 599 g/mol. The van der Waals surface area contributed by atoms with Crippen LogP contribution >= 0.6 is 0 Å². The summed E-state index contributed by atoms with van der Waals surface area (Å²) in [5.74, 6) is -0.0353. The van der Waals surface area contributed by atoms with E-state index in [0.717, 1.165) is 28.1 Å². The van der Waals surface area contributed by atoms with Crippen molar-refractivity contribution < 1.29 is 23.9 Å². The summed E-state index contributed by atoms with van der Waals surface area (Å²) >= 11 is 0. The summed E-state index contributed by atoms with van der Waals surface area (Å²) in [5.41, 5.74) is 2.91. The molecule has 1 aliphatic heterocycles. The number of fused-ring (bicyclic) bond motifs is 3. The number of hydrogen-bond donors (Lipinski definition) is 1. The third-order valence-electron chi connectivity index (χ3n) is 7.94. The molecule has 2 atom stereocenters. The summed E-state index contributed by atoms with van der Waals surface area (Å²) in [4.78, 5) is 41.9. The maximum atomic E-state index is 14.1. The number of aryl methyl sites for hydroxylation is 3. The number of benzene rings is 2. The van der Waals surface area contributed by atoms with Crippen LogP contribution in [0.25, 0.3) is 10.9 Å². The number of hydrogen-bond acceptors (Lipinski definition) is 8. The first-order chi connectivity index (χ1) is 20.5. The SMILES string of the molecule is Cc1ccc2c(c1)[C@]1(C[C@H]1c1ccc3c(Nc4cn(C)nc4C)nn(C(=O)OC(C)(C)C)c3c1)C(=O)N2C(=O)OC(C)(C)C. The van der Waals surface area contributed by atoms with Gasteiger partial charge in [-0.05, 0) is 91.1 Å². The number of ether oxygens (including phenoxy) is 2. The predicted molar refractivity (Wildman–Crippen MR) is 167 cm³/mol. The minimum atomic E-state index is -0.906. The van der Waals surface area contributed by atoms with Crippen molar-refractivity contribution in [2.75, 3.05) is 10.2 Å². The van der Waals surface area contributed by atoms with Crippen molar-refractivity contribution in [2.24, 2.45) is 7.05 Å². The van der Waals surface area contributed by atoms with Gasteiger partial charge in [0.25, 0.3) is 0 Å². The Morgan fingerprint density at radius 2 is 1.64 bits per heavy atom. The van der Waals surface area contributed by atoms with Crippen molar-refractivity contribution in [2.45, 2.75) is 84.3 Å². The fraction of sp³-hybridized carbons (Fsp3) is 0.424. The number of carbonyl (C=O) groups is 3. The Bertz CT molecular complexity index is 1860. The average Bonchev–Trinajstić information content (AvgIpc) is 3.34. The van der Waals surface area contributed by atoms with E-state index in [9.17, 15) is 14.4 Å². The second-order valence-corrected chi connectivity index (χ2v) is 13.8. The van der Waals surface area contributed by atoms with Crippen molar-refractivity contribution in [3.05, 3.63) is 65.0 Å². The molecule has 1 aliphatic carbocycles. The summed E-state index contributed by atoms with van der Waals surface area (Å²) < 4.78 is 14.3. The molecule has 2 amide bonds. The fourth-order valence-electron chi connectivity index (χ4n) is 6.05. The highest BCUT2D eigenvalue weighted by atomic mass is 16.6. The summed E-state index contributed by atoms with van der Waals surface area (Å²) in [5, 5.41) is 13.0. The maximum absolute atomic E-state index is 14.1. The molecule has 2 aromatic carbocycles. The van der Waals surface area contributed by atoms with Crippen molar-refractivity contribution in [1.82, 2.24) is 19.6 Å². The molecule has 2 aromatic heterocycles. The molecule has 1 spiro atoms. The smallest absolute Gasteiger partial charge is 0.435 e. The molecule has 0 unspecified atom stereocenters. The Balaban J connectivity index is 1.42. The molecule has 4 aromatic rings. The number of anilines is 3. The molecule has 1 N–H and O–H groups in total. The van der Waals surface area contributed by atoms with Crippen LogP contribution in [0.15, 0.2) is 42.6 Å². The van der Waals surface area contributed by atoms with Crippen LogP contribution in [0.3, 0.4) is 0 Å². The molecule has 230 valence electrons. The van der Waals surface area contributed by atoms with Gasteiger partial charge in [0.05, 0.1) is 28.0 Å². The molecule has 1 fully saturated rings. The Kier molecular flexibility index (Phi) is 6.46. The zero-order valence-electron chi connectivity index (χ0n) is 26.6. The number of imide groups is 1. The highest BCUT2D eigenvalue weighted by Gasteiger charge is 2.68. The second-order valence-electron chi connectivity index (χ2n) is 13.8. The van der Waals surface area contributed by atoms with Crippen LogP contribution in [-0.4, -0.2) is 48.9 Å². The monoisotopic (exact) mass is 598 g/mol. The van der Waals surface area contributed by atoms with Crippen LogP contribution in [0.1, 0.15) is 76.3 Å². The molecule has 0 saturated heterocycles. The topological polar surface area (TPSA) is 121 Å². The molecule has 11 nitrogen and oxygen atoms in total. The summed E-state index contributed by atoms with van der Waals surface area (Å²) in [6, 6.07) is 11.5. The number of aromatic nitrogens is 4. The molecule has 0 bridgehead atoms. The Hall–Kier alpha value is -4.67. The van der Waals surface area contributed by atoms with Crippen molar-refractivity contribution in [3.8, 4) is 0 Å². The Labute approximate surface area is 256 Å². The summed E-state index contributed by atoms with van der Waals surface area (Å²) in [6.07, 6.45) is 1.07. The zero-order chi connectivity index (χ0) is 31.9. The lowest BCUT2D eigenvalue weighted by molar-refractivity contribution is -0.120. The minimum Gasteiger partial charge on any atom is -0.443 e. The van der Waals surface area contributed by atoms with Gasteiger partial charge in [-0.2, -0.15) is 9.78 Å². The quantitative estimate of drug-likeness (QED) is 0.279. The Morgan fingerprint density at radius 1 is 0.955 bits per heavy atom. The summed E-state index contributed by atoms with van der Waals surface area (Å²) in [7, 11) is 1.83. The van der Waals surface area contributed by atoms with Gasteiger partial charge in [0, 0.05) is 24.5 Å². The molecular weight excluding hydrogens is 560 g/mol. The first kappa shape index (κ1) is 29.4. The lowest BCUT2D eigenvalue weighted by Gasteiger charge is -2.24. The molecule has 44 heavy (non-hydrogen) atoms. The molecule has 6 rings (SSSR count). The number of rotatable bonds is 3. The van der Waals surface area contributed by atoms with E-state index in [2.05, 4.69) is 15.5 Å². The zero-order valence-corrected chi connectivity index (χ0v) is 26.6. The highest BCUT2D eigenvalue weighted by molar-refractivity contribution is 6.23. The van der Waals surface area contributed by atoms with E-state index in [1.54, 1.807) is 46.2 Å². The largest absolute Gasteiger partial charge is 0.443 e. The van der Waals surface area contributed by atoms with Gasteiger partial charge in [-0.1, -0.05) is 23.8 Å². The van der Waals surface area contributed by atoms with Gasteiger partial charge >= 0.3 is 12.2 Å². The van der Waals surface area contributed by atoms with Gasteiger partial charge in [0.1, 0.15) is 11.2 Å². The summed E-state index contributed by atoms with van der Waals surface area (Å²) in [6.45, 7) is 14.6. The van der Waals surface area contributed by atoms with E-state index >= 15 is 0 Å². The van der Waals surface area contributed by atoms with Crippen LogP contribution in [0, 0.1) is 13.8 Å². The predicted octanol–water partition coefficient (Wildman–Crippen LogP) is 6.62. The second kappa shape index (κ2) is 9.67. The maximum Gasteiger partial charge on any atom is 0.435 e. The Morgan fingerprint density at radius 3 is 2.27 bits per heavy atom. The highest BCUT2D eigenvalue weighted by Crippen LogP contribution is 2.66. The number of nitrogens with zero attached hydrogens (tertiary/aromatic N) is 5. The van der Waals surface area contributed by atoms with Gasteiger partial charge in [-0.25, -0.2) is 14.5 Å². The number of carbonyl (C=O) groups excluding carboxylic acids is 3. The first-order valence-electron chi connectivity index (χ1n) is 14.7. The third kappa shape index (κ3) is 4.89. The van der Waals surface area contributed by atoms with Crippen molar-refractivity contribution in [1.29, 1.82) is 0 Å². The fourth-order valence-corrected chi connectivity index (χ4v) is 6.05. The van der Waals surface area contributed by atoms with Crippen molar-refractivity contribution >= 4 is 46.2 Å². The molecule has 11 heteroatoms. The van der Waals surface area contributed by atoms with E-state index in [4.69, 9.17) is 9.47 Å². The van der Waals surface area contributed by atoms with Crippen LogP contribution < -0.4 is 10.2 Å².